The van der Waals surface area contributed by atoms with Crippen LogP contribution in [0.4, 0.5) is 10.5 Å². The number of nitrogens with zero attached hydrogens (tertiary/aromatic N) is 1. The van der Waals surface area contributed by atoms with Gasteiger partial charge in [-0.3, -0.25) is 4.79 Å². The van der Waals surface area contributed by atoms with Gasteiger partial charge >= 0.3 is 6.09 Å². The Balaban J connectivity index is 1.28. The largest absolute Gasteiger partial charge is 0.456 e. The minimum atomic E-state index is -0.251. The van der Waals surface area contributed by atoms with E-state index in [1.54, 1.807) is 17.0 Å². The lowest BCUT2D eigenvalue weighted by Gasteiger charge is -2.19. The lowest BCUT2D eigenvalue weighted by atomic mass is 10.0. The molecule has 1 N–H and O–H groups in total. The van der Waals surface area contributed by atoms with Crippen LogP contribution in [-0.2, 0) is 16.0 Å². The summed E-state index contributed by atoms with van der Waals surface area (Å²) in [6.07, 6.45) is 2.29. The van der Waals surface area contributed by atoms with Crippen LogP contribution in [0.25, 0.3) is 11.6 Å². The van der Waals surface area contributed by atoms with E-state index < -0.39 is 0 Å². The number of para-hydroxylation sites is 1. The highest BCUT2D eigenvalue weighted by molar-refractivity contribution is 6.35. The van der Waals surface area contributed by atoms with E-state index in [9.17, 15) is 9.59 Å². The number of hydrogen-bond acceptors (Lipinski definition) is 4. The number of anilines is 1. The standard InChI is InChI=1S/C27H23ClN2O4/c1-2-30-19(16-33-27(30)32)13-17-7-10-20(11-8-17)34-25-12-9-18(15-23(25)28)14-22-21-5-3-4-6-24(21)29-26(22)31/h3-12,14-15,19H,2,13,16H2,1H3,(H,29,31). The summed E-state index contributed by atoms with van der Waals surface area (Å²) in [5.41, 5.74) is 4.19. The molecule has 172 valence electrons. The van der Waals surface area contributed by atoms with E-state index in [2.05, 4.69) is 5.32 Å². The van der Waals surface area contributed by atoms with E-state index in [0.29, 0.717) is 35.2 Å². The third-order valence-electron chi connectivity index (χ3n) is 6.01. The van der Waals surface area contributed by atoms with Crippen molar-refractivity contribution in [3.63, 3.8) is 0 Å². The Morgan fingerprint density at radius 2 is 1.91 bits per heavy atom. The summed E-state index contributed by atoms with van der Waals surface area (Å²) in [5, 5.41) is 3.32. The van der Waals surface area contributed by atoms with Gasteiger partial charge in [-0.2, -0.15) is 0 Å². The van der Waals surface area contributed by atoms with Gasteiger partial charge in [0.15, 0.2) is 0 Å². The first-order valence-electron chi connectivity index (χ1n) is 11.1. The number of hydrogen-bond donors (Lipinski definition) is 1. The van der Waals surface area contributed by atoms with E-state index in [0.717, 1.165) is 28.8 Å². The van der Waals surface area contributed by atoms with Crippen LogP contribution in [0.15, 0.2) is 66.7 Å². The van der Waals surface area contributed by atoms with E-state index in [1.165, 1.54) is 0 Å². The molecule has 3 aromatic rings. The van der Waals surface area contributed by atoms with Crippen molar-refractivity contribution >= 4 is 40.9 Å². The van der Waals surface area contributed by atoms with Gasteiger partial charge in [0.05, 0.1) is 11.1 Å². The molecule has 2 heterocycles. The Labute approximate surface area is 202 Å². The predicted octanol–water partition coefficient (Wildman–Crippen LogP) is 6.01. The summed E-state index contributed by atoms with van der Waals surface area (Å²) in [5.74, 6) is 1.06. The summed E-state index contributed by atoms with van der Waals surface area (Å²) in [7, 11) is 0. The van der Waals surface area contributed by atoms with Crippen LogP contribution >= 0.6 is 11.6 Å². The minimum absolute atomic E-state index is 0.0503. The normalized spacial score (nSPS) is 18.1. The molecule has 1 unspecified atom stereocenters. The zero-order chi connectivity index (χ0) is 23.7. The molecule has 0 radical (unpaired) electrons. The van der Waals surface area contributed by atoms with E-state index in [4.69, 9.17) is 21.1 Å². The summed E-state index contributed by atoms with van der Waals surface area (Å²) < 4.78 is 11.1. The molecule has 2 aliphatic rings. The second-order valence-corrected chi connectivity index (χ2v) is 8.62. The lowest BCUT2D eigenvalue weighted by molar-refractivity contribution is -0.110. The molecule has 1 fully saturated rings. The predicted molar refractivity (Wildman–Crippen MR) is 132 cm³/mol. The van der Waals surface area contributed by atoms with Crippen molar-refractivity contribution in [1.29, 1.82) is 0 Å². The maximum absolute atomic E-state index is 12.4. The summed E-state index contributed by atoms with van der Waals surface area (Å²) in [6, 6.07) is 20.8. The molecule has 0 saturated carbocycles. The van der Waals surface area contributed by atoms with Gasteiger partial charge in [0, 0.05) is 23.4 Å². The number of fused-ring (bicyclic) bond motifs is 1. The van der Waals surface area contributed by atoms with Gasteiger partial charge in [0.2, 0.25) is 0 Å². The molecule has 0 aliphatic carbocycles. The number of benzene rings is 3. The van der Waals surface area contributed by atoms with Crippen LogP contribution in [-0.4, -0.2) is 36.1 Å². The number of halogens is 1. The van der Waals surface area contributed by atoms with Gasteiger partial charge in [0.25, 0.3) is 5.91 Å². The number of ether oxygens (including phenoxy) is 2. The summed E-state index contributed by atoms with van der Waals surface area (Å²) >= 11 is 6.49. The number of rotatable bonds is 6. The zero-order valence-corrected chi connectivity index (χ0v) is 19.3. The highest BCUT2D eigenvalue weighted by Crippen LogP contribution is 2.35. The van der Waals surface area contributed by atoms with Crippen molar-refractivity contribution < 1.29 is 19.1 Å². The Bertz CT molecular complexity index is 1290. The molecule has 2 aliphatic heterocycles. The van der Waals surface area contributed by atoms with Crippen LogP contribution in [0.2, 0.25) is 5.02 Å². The lowest BCUT2D eigenvalue weighted by Crippen LogP contribution is -2.34. The molecular formula is C27H23ClN2O4. The highest BCUT2D eigenvalue weighted by atomic mass is 35.5. The topological polar surface area (TPSA) is 67.9 Å². The molecule has 1 saturated heterocycles. The fourth-order valence-corrected chi connectivity index (χ4v) is 4.50. The fourth-order valence-electron chi connectivity index (χ4n) is 4.28. The summed E-state index contributed by atoms with van der Waals surface area (Å²) in [6.45, 7) is 2.99. The Kier molecular flexibility index (Phi) is 5.99. The van der Waals surface area contributed by atoms with Crippen molar-refractivity contribution in [3.05, 3.63) is 88.4 Å². The van der Waals surface area contributed by atoms with Crippen LogP contribution in [0.1, 0.15) is 23.6 Å². The van der Waals surface area contributed by atoms with Gasteiger partial charge in [-0.1, -0.05) is 48.0 Å². The van der Waals surface area contributed by atoms with E-state index in [-0.39, 0.29) is 18.0 Å². The van der Waals surface area contributed by atoms with Gasteiger partial charge < -0.3 is 19.7 Å². The Morgan fingerprint density at radius 3 is 2.68 bits per heavy atom. The Morgan fingerprint density at radius 1 is 1.12 bits per heavy atom. The molecule has 5 rings (SSSR count). The molecule has 1 atom stereocenters. The first-order valence-corrected chi connectivity index (χ1v) is 11.5. The number of likely N-dealkylation sites (N-methyl/N-ethyl adjacent to an activating group) is 1. The number of amides is 2. The van der Waals surface area contributed by atoms with E-state index >= 15 is 0 Å². The molecular weight excluding hydrogens is 452 g/mol. The molecule has 7 heteroatoms. The molecule has 0 aromatic heterocycles. The van der Waals surface area contributed by atoms with Crippen LogP contribution < -0.4 is 10.1 Å². The highest BCUT2D eigenvalue weighted by Gasteiger charge is 2.31. The molecule has 34 heavy (non-hydrogen) atoms. The second kappa shape index (κ2) is 9.23. The van der Waals surface area contributed by atoms with Gasteiger partial charge in [-0.25, -0.2) is 4.79 Å². The van der Waals surface area contributed by atoms with Crippen molar-refractivity contribution in [2.45, 2.75) is 19.4 Å². The van der Waals surface area contributed by atoms with Crippen molar-refractivity contribution in [2.75, 3.05) is 18.5 Å². The monoisotopic (exact) mass is 474 g/mol. The van der Waals surface area contributed by atoms with Crippen LogP contribution in [0, 0.1) is 0 Å². The molecule has 3 aromatic carbocycles. The average Bonchev–Trinajstić information content (AvgIpc) is 3.35. The van der Waals surface area contributed by atoms with Gasteiger partial charge in [-0.05, 0) is 60.9 Å². The maximum atomic E-state index is 12.4. The number of carbonyl (C=O) groups is 2. The van der Waals surface area contributed by atoms with Crippen molar-refractivity contribution in [2.24, 2.45) is 0 Å². The third kappa shape index (κ3) is 4.37. The first kappa shape index (κ1) is 22.0. The van der Waals surface area contributed by atoms with E-state index in [1.807, 2.05) is 67.6 Å². The van der Waals surface area contributed by atoms with Gasteiger partial charge in [0.1, 0.15) is 18.1 Å². The average molecular weight is 475 g/mol. The van der Waals surface area contributed by atoms with Crippen LogP contribution in [0.5, 0.6) is 11.5 Å². The first-order chi connectivity index (χ1) is 16.5. The number of carbonyl (C=O) groups excluding carboxylic acids is 2. The quantitative estimate of drug-likeness (QED) is 0.444. The molecule has 2 amide bonds. The molecule has 0 spiro atoms. The SMILES string of the molecule is CCN1C(=O)OCC1Cc1ccc(Oc2ccc(C=C3C(=O)Nc4ccccc43)cc2Cl)cc1. The van der Waals surface area contributed by atoms with Crippen molar-refractivity contribution in [3.8, 4) is 11.5 Å². The molecule has 0 bridgehead atoms. The third-order valence-corrected chi connectivity index (χ3v) is 6.31. The van der Waals surface area contributed by atoms with Crippen LogP contribution in [0.3, 0.4) is 0 Å². The van der Waals surface area contributed by atoms with Crippen molar-refractivity contribution in [1.82, 2.24) is 4.90 Å². The zero-order valence-electron chi connectivity index (χ0n) is 18.6. The number of cyclic esters (lactones) is 1. The minimum Gasteiger partial charge on any atom is -0.456 e. The molecule has 6 nitrogen and oxygen atoms in total. The summed E-state index contributed by atoms with van der Waals surface area (Å²) in [4.78, 5) is 25.8. The van der Waals surface area contributed by atoms with Gasteiger partial charge in [-0.15, -0.1) is 0 Å². The maximum Gasteiger partial charge on any atom is 0.410 e. The fraction of sp³-hybridized carbons (Fsp3) is 0.185. The second-order valence-electron chi connectivity index (χ2n) is 8.21. The number of nitrogens with one attached hydrogen (secondary N) is 1. The smallest absolute Gasteiger partial charge is 0.410 e. The Hall–Kier alpha value is -3.77.